The van der Waals surface area contributed by atoms with Gasteiger partial charge in [0.1, 0.15) is 5.82 Å². The van der Waals surface area contributed by atoms with E-state index in [0.717, 1.165) is 45.0 Å². The van der Waals surface area contributed by atoms with Crippen molar-refractivity contribution in [2.24, 2.45) is 0 Å². The first-order valence-electron chi connectivity index (χ1n) is 14.2. The summed E-state index contributed by atoms with van der Waals surface area (Å²) >= 11 is 0. The van der Waals surface area contributed by atoms with Crippen LogP contribution in [-0.4, -0.2) is 47.2 Å². The van der Waals surface area contributed by atoms with Gasteiger partial charge < -0.3 is 9.47 Å². The average molecular weight is 473 g/mol. The third-order valence-corrected chi connectivity index (χ3v) is 8.51. The van der Waals surface area contributed by atoms with Gasteiger partial charge in [0.25, 0.3) is 0 Å². The van der Waals surface area contributed by atoms with E-state index in [1.54, 1.807) is 16.6 Å². The second-order valence-corrected chi connectivity index (χ2v) is 10.9. The molecular weight excluding hydrogens is 428 g/mol. The van der Waals surface area contributed by atoms with Crippen molar-refractivity contribution in [3.8, 4) is 0 Å². The molecule has 188 valence electrons. The number of para-hydroxylation sites is 1. The van der Waals surface area contributed by atoms with Gasteiger partial charge >= 0.3 is 0 Å². The molecule has 1 fully saturated rings. The number of unbranched alkanes of at least 4 members (excludes halogenated alkanes) is 4. The van der Waals surface area contributed by atoms with Crippen LogP contribution in [0.1, 0.15) is 80.3 Å². The average Bonchev–Trinajstić information content (AvgIpc) is 3.17. The number of aryl methyl sites for hydroxylation is 2. The zero-order chi connectivity index (χ0) is 24.2. The standard InChI is InChI=1S/C31H44N4/c1-4-5-6-7-8-11-27-14-13-26-10-9-12-29-28(25(3)35(27)31(26)29)16-18-33-19-21-34(22-20-33)30-23-24(2)15-17-32-30/h9-10,12,15,17,23,27H,4-8,11,13-14,16,18-22H2,1-3H3. The molecule has 0 radical (unpaired) electrons. The maximum Gasteiger partial charge on any atom is 0.128 e. The van der Waals surface area contributed by atoms with Crippen molar-refractivity contribution in [2.45, 2.75) is 84.6 Å². The summed E-state index contributed by atoms with van der Waals surface area (Å²) in [5.41, 5.74) is 7.55. The molecule has 1 atom stereocenters. The van der Waals surface area contributed by atoms with Gasteiger partial charge in [0.15, 0.2) is 0 Å². The minimum atomic E-state index is 0.688. The Hall–Kier alpha value is -2.33. The van der Waals surface area contributed by atoms with E-state index in [9.17, 15) is 0 Å². The van der Waals surface area contributed by atoms with Crippen LogP contribution in [-0.2, 0) is 12.8 Å². The van der Waals surface area contributed by atoms with Gasteiger partial charge in [-0.05, 0) is 68.4 Å². The van der Waals surface area contributed by atoms with Crippen LogP contribution in [0, 0.1) is 13.8 Å². The van der Waals surface area contributed by atoms with Gasteiger partial charge in [-0.1, -0.05) is 57.2 Å². The number of rotatable bonds is 10. The molecule has 0 saturated carbocycles. The molecule has 4 heteroatoms. The van der Waals surface area contributed by atoms with Crippen LogP contribution in [0.2, 0.25) is 0 Å². The summed E-state index contributed by atoms with van der Waals surface area (Å²) in [4.78, 5) is 9.70. The highest BCUT2D eigenvalue weighted by atomic mass is 15.3. The predicted molar refractivity (Wildman–Crippen MR) is 149 cm³/mol. The van der Waals surface area contributed by atoms with Crippen molar-refractivity contribution in [2.75, 3.05) is 37.6 Å². The summed E-state index contributed by atoms with van der Waals surface area (Å²) in [6.07, 6.45) is 13.9. The third-order valence-electron chi connectivity index (χ3n) is 8.51. The van der Waals surface area contributed by atoms with Gasteiger partial charge in [0.05, 0.1) is 5.52 Å². The second-order valence-electron chi connectivity index (χ2n) is 10.9. The van der Waals surface area contributed by atoms with Gasteiger partial charge in [-0.25, -0.2) is 4.98 Å². The number of benzene rings is 1. The van der Waals surface area contributed by atoms with Crippen molar-refractivity contribution < 1.29 is 0 Å². The zero-order valence-corrected chi connectivity index (χ0v) is 22.2. The van der Waals surface area contributed by atoms with Gasteiger partial charge in [-0.3, -0.25) is 4.90 Å². The Bertz CT molecular complexity index is 1120. The fourth-order valence-electron chi connectivity index (χ4n) is 6.47. The van der Waals surface area contributed by atoms with Crippen LogP contribution in [0.4, 0.5) is 5.82 Å². The van der Waals surface area contributed by atoms with Crippen molar-refractivity contribution in [3.63, 3.8) is 0 Å². The molecule has 2 aliphatic rings. The van der Waals surface area contributed by atoms with Crippen molar-refractivity contribution in [3.05, 3.63) is 58.9 Å². The highest BCUT2D eigenvalue weighted by Crippen LogP contribution is 2.39. The van der Waals surface area contributed by atoms with Crippen LogP contribution < -0.4 is 4.90 Å². The molecule has 35 heavy (non-hydrogen) atoms. The molecule has 2 aliphatic heterocycles. The Kier molecular flexibility index (Phi) is 7.77. The predicted octanol–water partition coefficient (Wildman–Crippen LogP) is 6.87. The number of pyridine rings is 1. The fraction of sp³-hybridized carbons (Fsp3) is 0.581. The lowest BCUT2D eigenvalue weighted by molar-refractivity contribution is 0.260. The minimum absolute atomic E-state index is 0.688. The molecule has 0 N–H and O–H groups in total. The quantitative estimate of drug-likeness (QED) is 0.301. The van der Waals surface area contributed by atoms with E-state index >= 15 is 0 Å². The summed E-state index contributed by atoms with van der Waals surface area (Å²) in [5, 5.41) is 1.53. The second kappa shape index (κ2) is 11.2. The third kappa shape index (κ3) is 5.28. The summed E-state index contributed by atoms with van der Waals surface area (Å²) in [6.45, 7) is 12.4. The van der Waals surface area contributed by atoms with E-state index in [0.29, 0.717) is 6.04 Å². The van der Waals surface area contributed by atoms with Crippen LogP contribution in [0.5, 0.6) is 0 Å². The van der Waals surface area contributed by atoms with Crippen LogP contribution >= 0.6 is 0 Å². The van der Waals surface area contributed by atoms with E-state index in [1.165, 1.54) is 68.0 Å². The van der Waals surface area contributed by atoms with Gasteiger partial charge in [0.2, 0.25) is 0 Å². The van der Waals surface area contributed by atoms with Gasteiger partial charge in [0, 0.05) is 56.0 Å². The number of nitrogens with zero attached hydrogens (tertiary/aromatic N) is 4. The molecule has 1 unspecified atom stereocenters. The largest absolute Gasteiger partial charge is 0.354 e. The van der Waals surface area contributed by atoms with Crippen LogP contribution in [0.3, 0.4) is 0 Å². The summed E-state index contributed by atoms with van der Waals surface area (Å²) in [7, 11) is 0. The van der Waals surface area contributed by atoms with Crippen molar-refractivity contribution >= 4 is 16.7 Å². The number of anilines is 1. The van der Waals surface area contributed by atoms with Crippen LogP contribution in [0.25, 0.3) is 10.9 Å². The SMILES string of the molecule is CCCCCCCC1CCc2cccc3c(CCN4CCN(c5cc(C)ccn5)CC4)c(C)n1c23. The molecule has 0 amide bonds. The number of piperazine rings is 1. The number of hydrogen-bond donors (Lipinski definition) is 0. The summed E-state index contributed by atoms with van der Waals surface area (Å²) in [5.74, 6) is 1.13. The molecular formula is C31H44N4. The minimum Gasteiger partial charge on any atom is -0.354 e. The topological polar surface area (TPSA) is 24.3 Å². The Balaban J connectivity index is 1.25. The van der Waals surface area contributed by atoms with Gasteiger partial charge in [-0.15, -0.1) is 0 Å². The van der Waals surface area contributed by atoms with E-state index in [-0.39, 0.29) is 0 Å². The van der Waals surface area contributed by atoms with E-state index in [2.05, 4.69) is 70.5 Å². The first-order valence-corrected chi connectivity index (χ1v) is 14.2. The molecule has 2 aromatic heterocycles. The van der Waals surface area contributed by atoms with E-state index in [4.69, 9.17) is 0 Å². The lowest BCUT2D eigenvalue weighted by atomic mass is 9.94. The maximum atomic E-state index is 4.60. The van der Waals surface area contributed by atoms with E-state index < -0.39 is 0 Å². The van der Waals surface area contributed by atoms with Crippen molar-refractivity contribution in [1.29, 1.82) is 0 Å². The van der Waals surface area contributed by atoms with Crippen molar-refractivity contribution in [1.82, 2.24) is 14.5 Å². The van der Waals surface area contributed by atoms with E-state index in [1.807, 2.05) is 6.20 Å². The monoisotopic (exact) mass is 472 g/mol. The normalized spacial score (nSPS) is 18.5. The molecule has 4 nitrogen and oxygen atoms in total. The zero-order valence-electron chi connectivity index (χ0n) is 22.2. The fourth-order valence-corrected chi connectivity index (χ4v) is 6.47. The maximum absolute atomic E-state index is 4.60. The Morgan fingerprint density at radius 2 is 1.80 bits per heavy atom. The first-order chi connectivity index (χ1) is 17.2. The molecule has 0 bridgehead atoms. The summed E-state index contributed by atoms with van der Waals surface area (Å²) < 4.78 is 2.75. The number of hydrogen-bond acceptors (Lipinski definition) is 3. The molecule has 0 spiro atoms. The van der Waals surface area contributed by atoms with Gasteiger partial charge in [-0.2, -0.15) is 0 Å². The highest BCUT2D eigenvalue weighted by Gasteiger charge is 2.26. The highest BCUT2D eigenvalue weighted by molar-refractivity contribution is 5.89. The summed E-state index contributed by atoms with van der Waals surface area (Å²) in [6, 6.07) is 12.0. The molecule has 1 saturated heterocycles. The molecule has 5 rings (SSSR count). The Labute approximate surface area is 212 Å². The lowest BCUT2D eigenvalue weighted by Crippen LogP contribution is -2.47. The first kappa shape index (κ1) is 24.4. The molecule has 1 aromatic carbocycles. The lowest BCUT2D eigenvalue weighted by Gasteiger charge is -2.35. The molecule has 0 aliphatic carbocycles. The Morgan fingerprint density at radius 3 is 2.60 bits per heavy atom. The smallest absolute Gasteiger partial charge is 0.128 e. The molecule has 4 heterocycles. The Morgan fingerprint density at radius 1 is 0.971 bits per heavy atom. The van der Waals surface area contributed by atoms with Crippen LogP contribution in [0.15, 0.2) is 36.5 Å². The molecule has 3 aromatic rings. The number of aromatic nitrogens is 2.